The third kappa shape index (κ3) is 9.45. The van der Waals surface area contributed by atoms with Crippen molar-refractivity contribution in [1.29, 1.82) is 0 Å². The fraction of sp³-hybridized carbons (Fsp3) is 0.545. The van der Waals surface area contributed by atoms with E-state index in [2.05, 4.69) is 0 Å². The molecule has 4 rings (SSSR count). The lowest BCUT2D eigenvalue weighted by Crippen LogP contribution is -2.69. The first-order chi connectivity index (χ1) is 25.3. The van der Waals surface area contributed by atoms with Gasteiger partial charge in [0.15, 0.2) is 47.9 Å². The van der Waals surface area contributed by atoms with Crippen LogP contribution >= 0.6 is 0 Å². The summed E-state index contributed by atoms with van der Waals surface area (Å²) in [5.41, 5.74) is 4.88. The average molecular weight is 774 g/mol. The van der Waals surface area contributed by atoms with Crippen molar-refractivity contribution in [3.63, 3.8) is 0 Å². The van der Waals surface area contributed by atoms with Crippen molar-refractivity contribution in [3.05, 3.63) is 39.8 Å². The molecule has 2 aromatic rings. The van der Waals surface area contributed by atoms with E-state index in [1.807, 2.05) is 0 Å². The van der Waals surface area contributed by atoms with Crippen LogP contribution in [0.4, 0.5) is 8.78 Å². The molecule has 19 nitrogen and oxygen atoms in total. The summed E-state index contributed by atoms with van der Waals surface area (Å²) < 4.78 is 90.8. The van der Waals surface area contributed by atoms with Crippen molar-refractivity contribution >= 4 is 46.8 Å². The Balaban J connectivity index is 1.82. The molecule has 10 atom stereocenters. The van der Waals surface area contributed by atoms with Crippen LogP contribution < -0.4 is 16.1 Å². The SMILES string of the molecule is COC(=O)C1OC(Oc2c(F)cc3c(C)cc(=O)oc3c2F)C(OC(C)=O)C(OC(C)=O)C1OC1OC(COC(C)=O)C(OC(C)=O)C(OC(C)=O)C1N. The van der Waals surface area contributed by atoms with Crippen molar-refractivity contribution in [3.8, 4) is 5.75 Å². The van der Waals surface area contributed by atoms with Gasteiger partial charge in [-0.15, -0.1) is 0 Å². The largest absolute Gasteiger partial charge is 0.467 e. The minimum atomic E-state index is -2.18. The summed E-state index contributed by atoms with van der Waals surface area (Å²) >= 11 is 0. The van der Waals surface area contributed by atoms with Gasteiger partial charge in [0.25, 0.3) is 0 Å². The molecule has 2 aliphatic heterocycles. The van der Waals surface area contributed by atoms with Gasteiger partial charge < -0.3 is 57.5 Å². The van der Waals surface area contributed by atoms with Crippen LogP contribution in [0.1, 0.15) is 40.2 Å². The van der Waals surface area contributed by atoms with Crippen LogP contribution in [0.25, 0.3) is 11.0 Å². The second-order valence-corrected chi connectivity index (χ2v) is 12.0. The molecule has 3 heterocycles. The first-order valence-electron chi connectivity index (χ1n) is 16.0. The van der Waals surface area contributed by atoms with E-state index in [9.17, 15) is 33.6 Å². The Morgan fingerprint density at radius 1 is 0.759 bits per heavy atom. The summed E-state index contributed by atoms with van der Waals surface area (Å²) in [6, 6.07) is 0.210. The first kappa shape index (κ1) is 41.5. The summed E-state index contributed by atoms with van der Waals surface area (Å²) in [5, 5.41) is -0.129. The van der Waals surface area contributed by atoms with Gasteiger partial charge in [0.05, 0.1) is 13.2 Å². The Morgan fingerprint density at radius 2 is 1.33 bits per heavy atom. The molecular formula is C33H37F2NO18. The predicted molar refractivity (Wildman–Crippen MR) is 169 cm³/mol. The fourth-order valence-electron chi connectivity index (χ4n) is 5.80. The van der Waals surface area contributed by atoms with E-state index < -0.39 is 132 Å². The molecule has 21 heteroatoms. The lowest BCUT2D eigenvalue weighted by molar-refractivity contribution is -0.333. The molecule has 2 aliphatic rings. The van der Waals surface area contributed by atoms with Gasteiger partial charge in [-0.2, -0.15) is 4.39 Å². The Morgan fingerprint density at radius 3 is 1.91 bits per heavy atom. The van der Waals surface area contributed by atoms with Crippen molar-refractivity contribution < 1.29 is 89.3 Å². The van der Waals surface area contributed by atoms with E-state index in [1.165, 1.54) is 6.92 Å². The Kier molecular flexibility index (Phi) is 13.3. The minimum Gasteiger partial charge on any atom is -0.467 e. The van der Waals surface area contributed by atoms with Crippen molar-refractivity contribution in [2.24, 2.45) is 5.73 Å². The second kappa shape index (κ2) is 17.3. The highest BCUT2D eigenvalue weighted by atomic mass is 19.1. The van der Waals surface area contributed by atoms with Crippen molar-refractivity contribution in [2.45, 2.75) is 103 Å². The smallest absolute Gasteiger partial charge is 0.338 e. The number of aryl methyl sites for hydroxylation is 1. The number of carbonyl (C=O) groups excluding carboxylic acids is 6. The molecule has 0 spiro atoms. The maximum Gasteiger partial charge on any atom is 0.338 e. The molecule has 0 bridgehead atoms. The topological polar surface area (TPSA) is 251 Å². The van der Waals surface area contributed by atoms with Gasteiger partial charge in [-0.3, -0.25) is 24.0 Å². The van der Waals surface area contributed by atoms with Gasteiger partial charge in [-0.1, -0.05) is 0 Å². The maximum absolute atomic E-state index is 15.8. The number of methoxy groups -OCH3 is 1. The van der Waals surface area contributed by atoms with E-state index in [1.54, 1.807) is 0 Å². The van der Waals surface area contributed by atoms with Crippen LogP contribution in [0.2, 0.25) is 0 Å². The normalized spacial score (nSPS) is 28.0. The number of nitrogens with two attached hydrogens (primary N) is 1. The molecule has 296 valence electrons. The summed E-state index contributed by atoms with van der Waals surface area (Å²) in [7, 11) is 0.920. The highest BCUT2D eigenvalue weighted by molar-refractivity contribution is 5.82. The van der Waals surface area contributed by atoms with Crippen LogP contribution in [0, 0.1) is 18.6 Å². The van der Waals surface area contributed by atoms with Crippen molar-refractivity contribution in [2.75, 3.05) is 13.7 Å². The zero-order valence-corrected chi connectivity index (χ0v) is 29.8. The lowest BCUT2D eigenvalue weighted by atomic mass is 9.95. The second-order valence-electron chi connectivity index (χ2n) is 12.0. The van der Waals surface area contributed by atoms with E-state index in [4.69, 9.17) is 57.5 Å². The van der Waals surface area contributed by atoms with Gasteiger partial charge in [0, 0.05) is 46.1 Å². The Labute approximate surface area is 304 Å². The third-order valence-electron chi connectivity index (χ3n) is 7.90. The van der Waals surface area contributed by atoms with Gasteiger partial charge in [-0.05, 0) is 18.6 Å². The molecular weight excluding hydrogens is 736 g/mol. The molecule has 2 fully saturated rings. The number of esters is 6. The van der Waals surface area contributed by atoms with E-state index in [0.29, 0.717) is 0 Å². The van der Waals surface area contributed by atoms with Crippen molar-refractivity contribution in [1.82, 2.24) is 0 Å². The molecule has 54 heavy (non-hydrogen) atoms. The van der Waals surface area contributed by atoms with Gasteiger partial charge >= 0.3 is 41.4 Å². The zero-order chi connectivity index (χ0) is 40.2. The zero-order valence-electron chi connectivity index (χ0n) is 29.8. The van der Waals surface area contributed by atoms with Gasteiger partial charge in [-0.25, -0.2) is 14.0 Å². The lowest BCUT2D eigenvalue weighted by Gasteiger charge is -2.48. The summed E-state index contributed by atoms with van der Waals surface area (Å²) in [6.07, 6.45) is -16.4. The van der Waals surface area contributed by atoms with Crippen LogP contribution in [-0.2, 0) is 71.4 Å². The Bertz CT molecular complexity index is 1850. The molecule has 2 saturated heterocycles. The van der Waals surface area contributed by atoms with Crippen LogP contribution in [0.3, 0.4) is 0 Å². The van der Waals surface area contributed by atoms with E-state index in [-0.39, 0.29) is 10.9 Å². The van der Waals surface area contributed by atoms with Gasteiger partial charge in [0.2, 0.25) is 18.2 Å². The predicted octanol–water partition coefficient (Wildman–Crippen LogP) is 0.384. The van der Waals surface area contributed by atoms with E-state index >= 15 is 8.78 Å². The quantitative estimate of drug-likeness (QED) is 0.184. The minimum absolute atomic E-state index is 0.129. The standard InChI is InChI=1S/C33H37F2NO18/c1-11-8-20(42)51-23-17(11)9-18(34)24(21(23)35)52-33-30(49-16(6)41)28(48-15(5)40)27(29(54-33)31(43)44-7)53-32-22(36)26(47-14(4)39)25(46-13(3)38)19(50-32)10-45-12(2)37/h8-9,19,22,25-30,32-33H,10,36H2,1-7H3. The number of halogens is 2. The van der Waals surface area contributed by atoms with Crippen LogP contribution in [-0.4, -0.2) is 111 Å². The third-order valence-corrected chi connectivity index (χ3v) is 7.90. The Hall–Kier alpha value is -5.25. The van der Waals surface area contributed by atoms with Crippen LogP contribution in [0.5, 0.6) is 5.75 Å². The number of benzene rings is 1. The molecule has 1 aromatic carbocycles. The number of ether oxygens (including phenoxy) is 10. The number of hydrogen-bond acceptors (Lipinski definition) is 19. The average Bonchev–Trinajstić information content (AvgIpc) is 3.06. The highest BCUT2D eigenvalue weighted by Gasteiger charge is 2.58. The van der Waals surface area contributed by atoms with Gasteiger partial charge in [0.1, 0.15) is 18.8 Å². The fourth-order valence-corrected chi connectivity index (χ4v) is 5.80. The first-order valence-corrected chi connectivity index (χ1v) is 16.0. The number of hydrogen-bond donors (Lipinski definition) is 1. The number of fused-ring (bicyclic) bond motifs is 1. The molecule has 0 aliphatic carbocycles. The number of rotatable bonds is 11. The highest BCUT2D eigenvalue weighted by Crippen LogP contribution is 2.37. The molecule has 2 N–H and O–H groups in total. The monoisotopic (exact) mass is 773 g/mol. The molecule has 10 unspecified atom stereocenters. The molecule has 0 amide bonds. The molecule has 0 radical (unpaired) electrons. The van der Waals surface area contributed by atoms with E-state index in [0.717, 1.165) is 53.9 Å². The summed E-state index contributed by atoms with van der Waals surface area (Å²) in [5.74, 6) is -10.0. The van der Waals surface area contributed by atoms with Crippen LogP contribution in [0.15, 0.2) is 21.3 Å². The molecule has 1 aromatic heterocycles. The summed E-state index contributed by atoms with van der Waals surface area (Å²) in [6.45, 7) is 5.74. The molecule has 0 saturated carbocycles. The summed E-state index contributed by atoms with van der Waals surface area (Å²) in [4.78, 5) is 86.0. The maximum atomic E-state index is 15.8. The number of carbonyl (C=O) groups is 6.